The third-order valence-electron chi connectivity index (χ3n) is 4.90. The molecule has 1 aliphatic heterocycles. The number of fused-ring (bicyclic) bond motifs is 1. The minimum atomic E-state index is 0. The summed E-state index contributed by atoms with van der Waals surface area (Å²) in [4.78, 5) is 4.73. The summed E-state index contributed by atoms with van der Waals surface area (Å²) >= 11 is 1.66. The van der Waals surface area contributed by atoms with Gasteiger partial charge < -0.3 is 19.9 Å². The van der Waals surface area contributed by atoms with Crippen LogP contribution in [0.4, 0.5) is 0 Å². The predicted molar refractivity (Wildman–Crippen MR) is 139 cm³/mol. The first-order chi connectivity index (χ1) is 14.6. The molecule has 7 nitrogen and oxygen atoms in total. The SMILES string of the molecule is CCNC(=NCC1Cc2ccccc2O1)NCCCc1nnc(SC)n1CC(C)C.I. The molecule has 1 aromatic carbocycles. The molecule has 172 valence electrons. The maximum Gasteiger partial charge on any atom is 0.191 e. The summed E-state index contributed by atoms with van der Waals surface area (Å²) in [7, 11) is 0. The molecule has 0 fully saturated rings. The highest BCUT2D eigenvalue weighted by molar-refractivity contribution is 14.0. The summed E-state index contributed by atoms with van der Waals surface area (Å²) in [6.45, 7) is 9.79. The zero-order valence-electron chi connectivity index (χ0n) is 18.9. The Morgan fingerprint density at radius 3 is 2.81 bits per heavy atom. The molecule has 1 aliphatic rings. The topological polar surface area (TPSA) is 76.4 Å². The zero-order valence-corrected chi connectivity index (χ0v) is 22.1. The Bertz CT molecular complexity index is 816. The molecule has 3 rings (SSSR count). The van der Waals surface area contributed by atoms with Crippen molar-refractivity contribution in [3.63, 3.8) is 0 Å². The molecule has 0 saturated heterocycles. The molecule has 2 aromatic rings. The van der Waals surface area contributed by atoms with Crippen LogP contribution in [0.25, 0.3) is 0 Å². The molecule has 2 heterocycles. The lowest BCUT2D eigenvalue weighted by Gasteiger charge is -2.14. The molecule has 31 heavy (non-hydrogen) atoms. The van der Waals surface area contributed by atoms with Crippen LogP contribution < -0.4 is 15.4 Å². The smallest absolute Gasteiger partial charge is 0.191 e. The number of nitrogens with zero attached hydrogens (tertiary/aromatic N) is 4. The summed E-state index contributed by atoms with van der Waals surface area (Å²) in [5, 5.41) is 16.5. The van der Waals surface area contributed by atoms with Gasteiger partial charge in [0, 0.05) is 32.5 Å². The van der Waals surface area contributed by atoms with E-state index >= 15 is 0 Å². The van der Waals surface area contributed by atoms with Crippen LogP contribution in [0, 0.1) is 5.92 Å². The van der Waals surface area contributed by atoms with Gasteiger partial charge in [0.2, 0.25) is 0 Å². The van der Waals surface area contributed by atoms with Crippen molar-refractivity contribution >= 4 is 41.7 Å². The third-order valence-corrected chi connectivity index (χ3v) is 5.57. The second-order valence-electron chi connectivity index (χ2n) is 7.91. The standard InChI is InChI=1S/C22H34N6OS.HI/c1-5-23-21(25-14-18-13-17-9-6-7-10-19(17)29-18)24-12-8-11-20-26-27-22(30-4)28(20)15-16(2)3;/h6-7,9-10,16,18H,5,8,11-15H2,1-4H3,(H2,23,24,25);1H. The number of aryl methyl sites for hydroxylation is 1. The van der Waals surface area contributed by atoms with E-state index in [1.807, 2.05) is 12.1 Å². The van der Waals surface area contributed by atoms with Crippen LogP contribution >= 0.6 is 35.7 Å². The molecular weight excluding hydrogens is 523 g/mol. The Balaban J connectivity index is 0.00000341. The van der Waals surface area contributed by atoms with Gasteiger partial charge in [-0.2, -0.15) is 0 Å². The highest BCUT2D eigenvalue weighted by atomic mass is 127. The van der Waals surface area contributed by atoms with Crippen molar-refractivity contribution < 1.29 is 4.74 Å². The van der Waals surface area contributed by atoms with Crippen LogP contribution in [0.2, 0.25) is 0 Å². The van der Waals surface area contributed by atoms with Crippen LogP contribution in [-0.4, -0.2) is 52.7 Å². The second kappa shape index (κ2) is 13.1. The van der Waals surface area contributed by atoms with Crippen molar-refractivity contribution in [3.05, 3.63) is 35.7 Å². The molecule has 1 aromatic heterocycles. The third kappa shape index (κ3) is 7.55. The van der Waals surface area contributed by atoms with E-state index in [0.717, 1.165) is 61.6 Å². The van der Waals surface area contributed by atoms with Gasteiger partial charge in [-0.3, -0.25) is 0 Å². The van der Waals surface area contributed by atoms with Gasteiger partial charge in [-0.05, 0) is 37.1 Å². The molecule has 1 unspecified atom stereocenters. The number of aromatic nitrogens is 3. The fourth-order valence-corrected chi connectivity index (χ4v) is 4.07. The van der Waals surface area contributed by atoms with Gasteiger partial charge in [0.25, 0.3) is 0 Å². The lowest BCUT2D eigenvalue weighted by atomic mass is 10.1. The van der Waals surface area contributed by atoms with E-state index in [2.05, 4.69) is 64.6 Å². The molecule has 9 heteroatoms. The monoisotopic (exact) mass is 558 g/mol. The van der Waals surface area contributed by atoms with Gasteiger partial charge in [-0.1, -0.05) is 43.8 Å². The van der Waals surface area contributed by atoms with Crippen molar-refractivity contribution in [2.24, 2.45) is 10.9 Å². The summed E-state index contributed by atoms with van der Waals surface area (Å²) in [5.41, 5.74) is 1.27. The van der Waals surface area contributed by atoms with Crippen molar-refractivity contribution in [2.75, 3.05) is 25.9 Å². The van der Waals surface area contributed by atoms with E-state index in [4.69, 9.17) is 9.73 Å². The van der Waals surface area contributed by atoms with Crippen LogP contribution in [0.1, 0.15) is 38.6 Å². The molecule has 0 amide bonds. The summed E-state index contributed by atoms with van der Waals surface area (Å²) in [6, 6.07) is 8.23. The first kappa shape index (κ1) is 25.8. The van der Waals surface area contributed by atoms with E-state index in [-0.39, 0.29) is 30.1 Å². The number of nitrogens with one attached hydrogen (secondary N) is 2. The molecule has 1 atom stereocenters. The summed E-state index contributed by atoms with van der Waals surface area (Å²) in [5.74, 6) is 3.46. The number of benzene rings is 1. The lowest BCUT2D eigenvalue weighted by molar-refractivity contribution is 0.241. The maximum atomic E-state index is 5.99. The number of hydrogen-bond donors (Lipinski definition) is 2. The number of thioether (sulfide) groups is 1. The number of guanidine groups is 1. The van der Waals surface area contributed by atoms with Crippen LogP contribution in [0.5, 0.6) is 5.75 Å². The largest absolute Gasteiger partial charge is 0.488 e. The number of para-hydroxylation sites is 1. The van der Waals surface area contributed by atoms with E-state index in [0.29, 0.717) is 12.5 Å². The molecule has 2 N–H and O–H groups in total. The molecule has 0 radical (unpaired) electrons. The van der Waals surface area contributed by atoms with Gasteiger partial charge in [0.15, 0.2) is 11.1 Å². The molecule has 0 spiro atoms. The van der Waals surface area contributed by atoms with Crippen LogP contribution in [0.15, 0.2) is 34.4 Å². The predicted octanol–water partition coefficient (Wildman–Crippen LogP) is 3.77. The first-order valence-electron chi connectivity index (χ1n) is 10.8. The Hall–Kier alpha value is -1.49. The number of rotatable bonds is 10. The average Bonchev–Trinajstić information content (AvgIpc) is 3.32. The number of ether oxygens (including phenoxy) is 1. The minimum absolute atomic E-state index is 0. The van der Waals surface area contributed by atoms with Gasteiger partial charge in [0.1, 0.15) is 17.7 Å². The molecule has 0 aliphatic carbocycles. The lowest BCUT2D eigenvalue weighted by Crippen LogP contribution is -2.38. The highest BCUT2D eigenvalue weighted by Crippen LogP contribution is 2.28. The van der Waals surface area contributed by atoms with Crippen molar-refractivity contribution in [2.45, 2.75) is 57.8 Å². The van der Waals surface area contributed by atoms with E-state index < -0.39 is 0 Å². The van der Waals surface area contributed by atoms with E-state index in [1.54, 1.807) is 11.8 Å². The number of hydrogen-bond acceptors (Lipinski definition) is 5. The average molecular weight is 559 g/mol. The highest BCUT2D eigenvalue weighted by Gasteiger charge is 2.22. The number of aliphatic imine (C=N–C) groups is 1. The zero-order chi connectivity index (χ0) is 21.3. The van der Waals surface area contributed by atoms with Gasteiger partial charge in [-0.15, -0.1) is 34.2 Å². The van der Waals surface area contributed by atoms with Crippen molar-refractivity contribution in [1.29, 1.82) is 0 Å². The second-order valence-corrected chi connectivity index (χ2v) is 8.68. The Morgan fingerprint density at radius 1 is 1.29 bits per heavy atom. The Morgan fingerprint density at radius 2 is 2.10 bits per heavy atom. The van der Waals surface area contributed by atoms with Gasteiger partial charge in [-0.25, -0.2) is 4.99 Å². The number of halogens is 1. The fourth-order valence-electron chi connectivity index (χ4n) is 3.55. The van der Waals surface area contributed by atoms with Crippen molar-refractivity contribution in [3.8, 4) is 5.75 Å². The maximum absolute atomic E-state index is 5.99. The van der Waals surface area contributed by atoms with Gasteiger partial charge >= 0.3 is 0 Å². The van der Waals surface area contributed by atoms with Crippen LogP contribution in [0.3, 0.4) is 0 Å². The summed E-state index contributed by atoms with van der Waals surface area (Å²) in [6.07, 6.45) is 4.95. The Labute approximate surface area is 207 Å². The van der Waals surface area contributed by atoms with Crippen molar-refractivity contribution in [1.82, 2.24) is 25.4 Å². The normalized spacial score (nSPS) is 15.4. The van der Waals surface area contributed by atoms with Gasteiger partial charge in [0.05, 0.1) is 6.54 Å². The minimum Gasteiger partial charge on any atom is -0.488 e. The quantitative estimate of drug-likeness (QED) is 0.152. The molecule has 0 bridgehead atoms. The van der Waals surface area contributed by atoms with Crippen LogP contribution in [-0.2, 0) is 19.4 Å². The fraction of sp³-hybridized carbons (Fsp3) is 0.591. The van der Waals surface area contributed by atoms with E-state index in [1.165, 1.54) is 5.56 Å². The first-order valence-corrected chi connectivity index (χ1v) is 12.1. The molecular formula is C22H35IN6OS. The Kier molecular flexibility index (Phi) is 10.9. The summed E-state index contributed by atoms with van der Waals surface area (Å²) < 4.78 is 8.25. The van der Waals surface area contributed by atoms with E-state index in [9.17, 15) is 0 Å². The molecule has 0 saturated carbocycles.